The molecule has 0 aromatic heterocycles. The van der Waals surface area contributed by atoms with Crippen molar-refractivity contribution in [1.82, 2.24) is 0 Å². The third kappa shape index (κ3) is 6.85. The SMILES string of the molecule is CCCCCC[Si]1(CCCCCC)O[Si](CC)(CC)O[Si](CC)(CC)O1. The predicted octanol–water partition coefficient (Wildman–Crippen LogP) is 7.62. The molecule has 1 saturated heterocycles. The minimum atomic E-state index is -2.14. The molecule has 1 rings (SSSR count). The van der Waals surface area contributed by atoms with Crippen LogP contribution < -0.4 is 0 Å². The third-order valence-electron chi connectivity index (χ3n) is 6.09. The highest BCUT2D eigenvalue weighted by Gasteiger charge is 2.59. The lowest BCUT2D eigenvalue weighted by atomic mass is 10.2. The van der Waals surface area contributed by atoms with E-state index in [0.29, 0.717) is 0 Å². The van der Waals surface area contributed by atoms with Crippen molar-refractivity contribution >= 4 is 25.7 Å². The lowest BCUT2D eigenvalue weighted by Gasteiger charge is -2.53. The van der Waals surface area contributed by atoms with Crippen molar-refractivity contribution in [3.63, 3.8) is 0 Å². The van der Waals surface area contributed by atoms with Gasteiger partial charge in [-0.05, 0) is 36.3 Å². The van der Waals surface area contributed by atoms with Crippen LogP contribution in [0.1, 0.15) is 92.9 Å². The predicted molar refractivity (Wildman–Crippen MR) is 120 cm³/mol. The van der Waals surface area contributed by atoms with Crippen molar-refractivity contribution in [3.8, 4) is 0 Å². The molecule has 0 saturated carbocycles. The number of rotatable bonds is 14. The molecular weight excluding hydrogens is 372 g/mol. The van der Waals surface area contributed by atoms with Crippen LogP contribution in [0.4, 0.5) is 0 Å². The first-order valence-corrected chi connectivity index (χ1v) is 18.3. The summed E-state index contributed by atoms with van der Waals surface area (Å²) in [5.74, 6) is 0. The topological polar surface area (TPSA) is 27.7 Å². The summed E-state index contributed by atoms with van der Waals surface area (Å²) in [7, 11) is -6.30. The first-order chi connectivity index (χ1) is 12.5. The van der Waals surface area contributed by atoms with Crippen LogP contribution in [0.2, 0.25) is 36.3 Å². The van der Waals surface area contributed by atoms with Gasteiger partial charge in [0.15, 0.2) is 0 Å². The average Bonchev–Trinajstić information content (AvgIpc) is 2.68. The van der Waals surface area contributed by atoms with Crippen molar-refractivity contribution in [2.45, 2.75) is 129 Å². The fourth-order valence-corrected chi connectivity index (χ4v) is 23.0. The Kier molecular flexibility index (Phi) is 11.5. The fourth-order valence-electron chi connectivity index (χ4n) is 4.13. The highest BCUT2D eigenvalue weighted by atomic mass is 28.5. The van der Waals surface area contributed by atoms with E-state index in [4.69, 9.17) is 12.3 Å². The van der Waals surface area contributed by atoms with Gasteiger partial charge in [0.1, 0.15) is 0 Å². The van der Waals surface area contributed by atoms with Gasteiger partial charge in [-0.25, -0.2) is 0 Å². The number of hydrogen-bond acceptors (Lipinski definition) is 3. The molecule has 0 N–H and O–H groups in total. The maximum atomic E-state index is 7.05. The van der Waals surface area contributed by atoms with Gasteiger partial charge in [-0.3, -0.25) is 0 Å². The maximum absolute atomic E-state index is 7.05. The van der Waals surface area contributed by atoms with Gasteiger partial charge in [0.25, 0.3) is 0 Å². The standard InChI is InChI=1S/C20H46O3Si3/c1-7-13-15-17-19-26(20-18-16-14-8-2)22-24(9-3,10-4)21-25(11-5,12-6)23-26/h7-20H2,1-6H3. The average molecular weight is 419 g/mol. The number of hydrogen-bond donors (Lipinski definition) is 0. The van der Waals surface area contributed by atoms with Crippen LogP contribution in [0.3, 0.4) is 0 Å². The molecule has 1 aliphatic heterocycles. The molecule has 1 aliphatic rings. The summed E-state index contributed by atoms with van der Waals surface area (Å²) in [6.07, 6.45) is 10.5. The summed E-state index contributed by atoms with van der Waals surface area (Å²) >= 11 is 0. The van der Waals surface area contributed by atoms with Gasteiger partial charge in [-0.2, -0.15) is 0 Å². The zero-order chi connectivity index (χ0) is 19.5. The second-order valence-electron chi connectivity index (χ2n) is 8.07. The molecule has 0 spiro atoms. The molecular formula is C20H46O3Si3. The maximum Gasteiger partial charge on any atom is 0.320 e. The van der Waals surface area contributed by atoms with Gasteiger partial charge in [-0.15, -0.1) is 0 Å². The van der Waals surface area contributed by atoms with Gasteiger partial charge in [-0.1, -0.05) is 92.9 Å². The van der Waals surface area contributed by atoms with Crippen LogP contribution in [0.5, 0.6) is 0 Å². The lowest BCUT2D eigenvalue weighted by Crippen LogP contribution is -2.69. The Hall–Kier alpha value is 0.531. The summed E-state index contributed by atoms with van der Waals surface area (Å²) in [4.78, 5) is 0. The van der Waals surface area contributed by atoms with E-state index in [1.807, 2.05) is 0 Å². The summed E-state index contributed by atoms with van der Waals surface area (Å²) in [5.41, 5.74) is 0. The van der Waals surface area contributed by atoms with Crippen LogP contribution in [0.25, 0.3) is 0 Å². The molecule has 0 aromatic rings. The van der Waals surface area contributed by atoms with Crippen molar-refractivity contribution < 1.29 is 12.3 Å². The van der Waals surface area contributed by atoms with E-state index >= 15 is 0 Å². The lowest BCUT2D eigenvalue weighted by molar-refractivity contribution is 0.208. The summed E-state index contributed by atoms with van der Waals surface area (Å²) in [6, 6.07) is 6.74. The van der Waals surface area contributed by atoms with E-state index in [1.54, 1.807) is 0 Å². The quantitative estimate of drug-likeness (QED) is 0.214. The van der Waals surface area contributed by atoms with E-state index in [-0.39, 0.29) is 0 Å². The fraction of sp³-hybridized carbons (Fsp3) is 1.00. The molecule has 0 aliphatic carbocycles. The molecule has 1 heterocycles. The zero-order valence-electron chi connectivity index (χ0n) is 18.6. The smallest absolute Gasteiger partial charge is 0.320 e. The molecule has 0 aromatic carbocycles. The molecule has 6 heteroatoms. The Morgan fingerprint density at radius 2 is 0.769 bits per heavy atom. The molecule has 0 amide bonds. The van der Waals surface area contributed by atoms with E-state index in [0.717, 1.165) is 24.2 Å². The Labute approximate surface area is 167 Å². The van der Waals surface area contributed by atoms with Crippen LogP contribution in [0.15, 0.2) is 0 Å². The Morgan fingerprint density at radius 3 is 1.08 bits per heavy atom. The van der Waals surface area contributed by atoms with Crippen molar-refractivity contribution in [1.29, 1.82) is 0 Å². The monoisotopic (exact) mass is 418 g/mol. The van der Waals surface area contributed by atoms with Crippen LogP contribution >= 0.6 is 0 Å². The Balaban J connectivity index is 3.02. The summed E-state index contributed by atoms with van der Waals surface area (Å²) in [6.45, 7) is 13.7. The molecule has 0 bridgehead atoms. The molecule has 1 fully saturated rings. The first kappa shape index (κ1) is 24.6. The van der Waals surface area contributed by atoms with Gasteiger partial charge in [0, 0.05) is 0 Å². The minimum absolute atomic E-state index is 1.08. The summed E-state index contributed by atoms with van der Waals surface area (Å²) in [5, 5.41) is 0. The molecule has 26 heavy (non-hydrogen) atoms. The summed E-state index contributed by atoms with van der Waals surface area (Å²) < 4.78 is 20.9. The normalized spacial score (nSPS) is 21.0. The van der Waals surface area contributed by atoms with Crippen molar-refractivity contribution in [2.24, 2.45) is 0 Å². The van der Waals surface area contributed by atoms with Crippen LogP contribution in [-0.4, -0.2) is 25.7 Å². The Bertz CT molecular complexity index is 337. The van der Waals surface area contributed by atoms with Crippen molar-refractivity contribution in [2.75, 3.05) is 0 Å². The molecule has 3 nitrogen and oxygen atoms in total. The van der Waals surface area contributed by atoms with E-state index < -0.39 is 25.7 Å². The minimum Gasteiger partial charge on any atom is -0.415 e. The van der Waals surface area contributed by atoms with Crippen LogP contribution in [0, 0.1) is 0 Å². The third-order valence-corrected chi connectivity index (χ3v) is 21.6. The molecule has 0 unspecified atom stereocenters. The second-order valence-corrected chi connectivity index (χ2v) is 19.8. The second kappa shape index (κ2) is 12.2. The van der Waals surface area contributed by atoms with Crippen molar-refractivity contribution in [3.05, 3.63) is 0 Å². The number of unbranched alkanes of at least 4 members (excludes halogenated alkanes) is 6. The van der Waals surface area contributed by atoms with Gasteiger partial charge < -0.3 is 12.3 Å². The molecule has 156 valence electrons. The first-order valence-electron chi connectivity index (χ1n) is 11.6. The van der Waals surface area contributed by atoms with E-state index in [2.05, 4.69) is 41.5 Å². The molecule has 0 atom stereocenters. The van der Waals surface area contributed by atoms with Crippen LogP contribution in [-0.2, 0) is 12.3 Å². The molecule has 0 radical (unpaired) electrons. The zero-order valence-corrected chi connectivity index (χ0v) is 21.6. The highest BCUT2D eigenvalue weighted by Crippen LogP contribution is 2.43. The highest BCUT2D eigenvalue weighted by molar-refractivity contribution is 6.94. The van der Waals surface area contributed by atoms with Gasteiger partial charge in [0.2, 0.25) is 0 Å². The Morgan fingerprint density at radius 1 is 0.423 bits per heavy atom. The largest absolute Gasteiger partial charge is 0.415 e. The van der Waals surface area contributed by atoms with Gasteiger partial charge >= 0.3 is 25.7 Å². The van der Waals surface area contributed by atoms with E-state index in [1.165, 1.54) is 63.5 Å². The van der Waals surface area contributed by atoms with Gasteiger partial charge in [0.05, 0.1) is 0 Å². The van der Waals surface area contributed by atoms with E-state index in [9.17, 15) is 0 Å².